The van der Waals surface area contributed by atoms with Crippen LogP contribution in [0.4, 0.5) is 36.8 Å². The zero-order valence-electron chi connectivity index (χ0n) is 22.3. The van der Waals surface area contributed by atoms with Crippen molar-refractivity contribution in [3.63, 3.8) is 0 Å². The van der Waals surface area contributed by atoms with Crippen molar-refractivity contribution in [3.8, 4) is 0 Å². The molecule has 9 nitrogen and oxygen atoms in total. The number of halogens is 6. The maximum absolute atomic E-state index is 13.9. The summed E-state index contributed by atoms with van der Waals surface area (Å²) in [7, 11) is 1.28. The highest BCUT2D eigenvalue weighted by atomic mass is 19.4. The van der Waals surface area contributed by atoms with Crippen LogP contribution in [0.1, 0.15) is 36.1 Å². The molecule has 5 rings (SSSR count). The number of fused-ring (bicyclic) bond motifs is 2. The SMILES string of the molecule is CCOC(=O)C1CN(c2ccc3c(c2)n(CC(F)(F)F)c(=O)n3C)C(=O)N([C@@H]2CCc3c2cccc3C(F)(F)F)C1=O. The van der Waals surface area contributed by atoms with E-state index in [0.29, 0.717) is 4.57 Å². The Labute approximate surface area is 233 Å². The lowest BCUT2D eigenvalue weighted by atomic mass is 9.98. The van der Waals surface area contributed by atoms with Gasteiger partial charge in [-0.05, 0) is 55.2 Å². The molecule has 1 aliphatic heterocycles. The first-order valence-electron chi connectivity index (χ1n) is 12.9. The molecule has 42 heavy (non-hydrogen) atoms. The average Bonchev–Trinajstić information content (AvgIpc) is 3.42. The topological polar surface area (TPSA) is 93.8 Å². The predicted molar refractivity (Wildman–Crippen MR) is 135 cm³/mol. The van der Waals surface area contributed by atoms with Crippen molar-refractivity contribution in [2.24, 2.45) is 13.0 Å². The highest BCUT2D eigenvalue weighted by molar-refractivity contribution is 6.13. The Morgan fingerprint density at radius 3 is 2.38 bits per heavy atom. The number of benzene rings is 2. The number of anilines is 1. The van der Waals surface area contributed by atoms with Gasteiger partial charge in [-0.25, -0.2) is 9.59 Å². The molecule has 0 radical (unpaired) electrons. The van der Waals surface area contributed by atoms with Crippen molar-refractivity contribution in [3.05, 3.63) is 63.6 Å². The second-order valence-electron chi connectivity index (χ2n) is 10.0. The number of imidazole rings is 1. The monoisotopic (exact) mass is 598 g/mol. The first-order valence-corrected chi connectivity index (χ1v) is 12.9. The quantitative estimate of drug-likeness (QED) is 0.244. The van der Waals surface area contributed by atoms with Crippen molar-refractivity contribution < 1.29 is 45.5 Å². The molecule has 1 saturated heterocycles. The summed E-state index contributed by atoms with van der Waals surface area (Å²) >= 11 is 0. The number of hydrogen-bond donors (Lipinski definition) is 0. The number of alkyl halides is 6. The molecule has 1 aliphatic carbocycles. The van der Waals surface area contributed by atoms with Crippen molar-refractivity contribution in [2.75, 3.05) is 18.1 Å². The van der Waals surface area contributed by atoms with E-state index in [1.54, 1.807) is 0 Å². The Kier molecular flexibility index (Phi) is 7.10. The predicted octanol–water partition coefficient (Wildman–Crippen LogP) is 4.56. The number of imide groups is 1. The summed E-state index contributed by atoms with van der Waals surface area (Å²) in [5, 5.41) is 0. The Morgan fingerprint density at radius 2 is 1.74 bits per heavy atom. The molecule has 3 amide bonds. The molecule has 0 saturated carbocycles. The smallest absolute Gasteiger partial charge is 0.416 e. The lowest BCUT2D eigenvalue weighted by molar-refractivity contribution is -0.155. The van der Waals surface area contributed by atoms with Crippen LogP contribution in [0.3, 0.4) is 0 Å². The minimum atomic E-state index is -4.74. The number of urea groups is 1. The van der Waals surface area contributed by atoms with Crippen molar-refractivity contribution >= 4 is 34.6 Å². The number of ether oxygens (including phenoxy) is 1. The fourth-order valence-corrected chi connectivity index (χ4v) is 5.72. The molecule has 0 spiro atoms. The van der Waals surface area contributed by atoms with Gasteiger partial charge in [-0.2, -0.15) is 26.3 Å². The molecule has 3 aromatic rings. The fourth-order valence-electron chi connectivity index (χ4n) is 5.72. The standard InChI is InChI=1S/C27H24F6N4O5/c1-3-42-23(39)17-12-35(14-7-9-20-21(11-14)36(13-26(28,29)30)24(40)34(20)2)25(41)37(22(17)38)19-10-8-15-16(19)5-4-6-18(15)27(31,32)33/h4-7,9,11,17,19H,3,8,10,12-13H2,1-2H3/t17?,19-/m1/s1. The third-order valence-electron chi connectivity index (χ3n) is 7.54. The number of carbonyl (C=O) groups is 3. The summed E-state index contributed by atoms with van der Waals surface area (Å²) in [6.45, 7) is -0.730. The second-order valence-corrected chi connectivity index (χ2v) is 10.0. The molecule has 1 aromatic heterocycles. The molecule has 224 valence electrons. The Balaban J connectivity index is 1.62. The van der Waals surface area contributed by atoms with Crippen LogP contribution in [0.5, 0.6) is 0 Å². The van der Waals surface area contributed by atoms with Gasteiger partial charge in [-0.15, -0.1) is 0 Å². The number of aromatic nitrogens is 2. The van der Waals surface area contributed by atoms with Gasteiger partial charge in [0.25, 0.3) is 0 Å². The molecule has 2 heterocycles. The summed E-state index contributed by atoms with van der Waals surface area (Å²) in [6.07, 6.45) is -9.53. The summed E-state index contributed by atoms with van der Waals surface area (Å²) < 4.78 is 87.4. The number of hydrogen-bond acceptors (Lipinski definition) is 5. The maximum Gasteiger partial charge on any atom is 0.416 e. The Bertz CT molecular complexity index is 1660. The maximum atomic E-state index is 13.9. The van der Waals surface area contributed by atoms with Crippen molar-refractivity contribution in [1.29, 1.82) is 0 Å². The Hall–Kier alpha value is -4.30. The van der Waals surface area contributed by atoms with E-state index >= 15 is 0 Å². The van der Waals surface area contributed by atoms with Gasteiger partial charge < -0.3 is 4.74 Å². The lowest BCUT2D eigenvalue weighted by Crippen LogP contribution is -2.59. The van der Waals surface area contributed by atoms with E-state index in [1.165, 1.54) is 44.3 Å². The number of carbonyl (C=O) groups excluding carboxylic acids is 3. The molecule has 1 fully saturated rings. The highest BCUT2D eigenvalue weighted by Gasteiger charge is 2.49. The van der Waals surface area contributed by atoms with E-state index in [0.717, 1.165) is 20.4 Å². The molecular weight excluding hydrogens is 574 g/mol. The van der Waals surface area contributed by atoms with Gasteiger partial charge in [0.05, 0.1) is 35.8 Å². The number of esters is 1. The first kappa shape index (κ1) is 29.2. The molecule has 0 N–H and O–H groups in total. The average molecular weight is 599 g/mol. The van der Waals surface area contributed by atoms with Crippen LogP contribution in [-0.4, -0.2) is 51.3 Å². The molecule has 2 aliphatic rings. The highest BCUT2D eigenvalue weighted by Crippen LogP contribution is 2.44. The van der Waals surface area contributed by atoms with E-state index < -0.39 is 66.6 Å². The molecule has 2 aromatic carbocycles. The molecular formula is C27H24F6N4O5. The van der Waals surface area contributed by atoms with Crippen LogP contribution in [0.15, 0.2) is 41.2 Å². The molecule has 1 unspecified atom stereocenters. The first-order chi connectivity index (χ1) is 19.6. The largest absolute Gasteiger partial charge is 0.465 e. The molecule has 0 bridgehead atoms. The van der Waals surface area contributed by atoms with Gasteiger partial charge >= 0.3 is 30.0 Å². The van der Waals surface area contributed by atoms with Crippen molar-refractivity contribution in [2.45, 2.75) is 44.7 Å². The summed E-state index contributed by atoms with van der Waals surface area (Å²) in [6, 6.07) is 5.19. The van der Waals surface area contributed by atoms with Gasteiger partial charge in [0, 0.05) is 12.7 Å². The van der Waals surface area contributed by atoms with E-state index in [-0.39, 0.29) is 47.3 Å². The zero-order valence-corrected chi connectivity index (χ0v) is 22.3. The molecule has 15 heteroatoms. The normalized spacial score (nSPS) is 19.5. The Morgan fingerprint density at radius 1 is 1.02 bits per heavy atom. The van der Waals surface area contributed by atoms with Gasteiger partial charge in [-0.3, -0.25) is 28.5 Å². The van der Waals surface area contributed by atoms with E-state index in [2.05, 4.69) is 0 Å². The van der Waals surface area contributed by atoms with Crippen molar-refractivity contribution in [1.82, 2.24) is 14.0 Å². The second kappa shape index (κ2) is 10.2. The van der Waals surface area contributed by atoms with Crippen LogP contribution in [0, 0.1) is 5.92 Å². The zero-order chi connectivity index (χ0) is 30.7. The number of aryl methyl sites for hydroxylation is 1. The lowest BCUT2D eigenvalue weighted by Gasteiger charge is -2.40. The number of rotatable bonds is 5. The van der Waals surface area contributed by atoms with Crippen LogP contribution in [0.25, 0.3) is 11.0 Å². The molecule has 2 atom stereocenters. The third kappa shape index (κ3) is 4.90. The fraction of sp³-hybridized carbons (Fsp3) is 0.407. The van der Waals surface area contributed by atoms with E-state index in [9.17, 15) is 45.5 Å². The van der Waals surface area contributed by atoms with E-state index in [4.69, 9.17) is 4.74 Å². The van der Waals surface area contributed by atoms with Gasteiger partial charge in [-0.1, -0.05) is 12.1 Å². The van der Waals surface area contributed by atoms with Crippen LogP contribution in [-0.2, 0) is 40.5 Å². The summed E-state index contributed by atoms with van der Waals surface area (Å²) in [5.41, 5.74) is -1.85. The van der Waals surface area contributed by atoms with Gasteiger partial charge in [0.1, 0.15) is 6.54 Å². The van der Waals surface area contributed by atoms with Crippen LogP contribution >= 0.6 is 0 Å². The minimum Gasteiger partial charge on any atom is -0.465 e. The summed E-state index contributed by atoms with van der Waals surface area (Å²) in [4.78, 5) is 54.5. The minimum absolute atomic E-state index is 0.0249. The van der Waals surface area contributed by atoms with Crippen LogP contribution < -0.4 is 10.6 Å². The van der Waals surface area contributed by atoms with E-state index in [1.807, 2.05) is 0 Å². The summed E-state index contributed by atoms with van der Waals surface area (Å²) in [5.74, 6) is -3.48. The van der Waals surface area contributed by atoms with Gasteiger partial charge in [0.2, 0.25) is 5.91 Å². The van der Waals surface area contributed by atoms with Crippen LogP contribution in [0.2, 0.25) is 0 Å². The van der Waals surface area contributed by atoms with Gasteiger partial charge in [0.15, 0.2) is 5.92 Å². The number of nitrogens with zero attached hydrogens (tertiary/aromatic N) is 4. The number of amides is 3. The third-order valence-corrected chi connectivity index (χ3v) is 7.54.